The average molecular weight is 441 g/mol. The van der Waals surface area contributed by atoms with Crippen LogP contribution in [0.5, 0.6) is 11.5 Å². The molecule has 166 valence electrons. The van der Waals surface area contributed by atoms with Gasteiger partial charge in [0.05, 0.1) is 12.0 Å². The second kappa shape index (κ2) is 8.93. The molecule has 1 aliphatic rings. The van der Waals surface area contributed by atoms with Gasteiger partial charge in [0.1, 0.15) is 17.6 Å². The van der Waals surface area contributed by atoms with Crippen LogP contribution in [0.4, 0.5) is 10.1 Å². The highest BCUT2D eigenvalue weighted by atomic mass is 19.1. The lowest BCUT2D eigenvalue weighted by Gasteiger charge is -2.18. The van der Waals surface area contributed by atoms with Crippen LogP contribution < -0.4 is 4.74 Å². The zero-order valence-corrected chi connectivity index (χ0v) is 17.3. The molecule has 1 saturated carbocycles. The maximum Gasteiger partial charge on any atom is 0.315 e. The molecule has 0 atom stereocenters. The third-order valence-electron chi connectivity index (χ3n) is 5.18. The van der Waals surface area contributed by atoms with Gasteiger partial charge in [0.15, 0.2) is 11.3 Å². The number of nitro groups is 1. The number of benzene rings is 2. The van der Waals surface area contributed by atoms with E-state index in [9.17, 15) is 34.8 Å². The summed E-state index contributed by atoms with van der Waals surface area (Å²) in [6.45, 7) is -0.150. The van der Waals surface area contributed by atoms with Crippen molar-refractivity contribution in [3.63, 3.8) is 0 Å². The van der Waals surface area contributed by atoms with Crippen molar-refractivity contribution < 1.29 is 29.1 Å². The van der Waals surface area contributed by atoms with Gasteiger partial charge in [0, 0.05) is 30.8 Å². The van der Waals surface area contributed by atoms with E-state index in [1.165, 1.54) is 13.1 Å². The largest absolute Gasteiger partial charge is 0.506 e. The first kappa shape index (κ1) is 22.6. The van der Waals surface area contributed by atoms with Gasteiger partial charge in [-0.3, -0.25) is 14.9 Å². The van der Waals surface area contributed by atoms with E-state index in [1.807, 2.05) is 0 Å². The van der Waals surface area contributed by atoms with Crippen molar-refractivity contribution in [3.05, 3.63) is 68.5 Å². The van der Waals surface area contributed by atoms with Gasteiger partial charge >= 0.3 is 5.69 Å². The predicted molar refractivity (Wildman–Crippen MR) is 111 cm³/mol. The van der Waals surface area contributed by atoms with Gasteiger partial charge < -0.3 is 19.8 Å². The molecule has 0 aliphatic heterocycles. The van der Waals surface area contributed by atoms with Crippen LogP contribution in [0.25, 0.3) is 5.76 Å². The van der Waals surface area contributed by atoms with E-state index in [-0.39, 0.29) is 23.4 Å². The van der Waals surface area contributed by atoms with E-state index in [0.29, 0.717) is 5.92 Å². The summed E-state index contributed by atoms with van der Waals surface area (Å²) in [6, 6.07) is 8.19. The van der Waals surface area contributed by atoms with E-state index >= 15 is 0 Å². The second-order valence-corrected chi connectivity index (χ2v) is 7.43. The van der Waals surface area contributed by atoms with Crippen molar-refractivity contribution in [2.75, 3.05) is 14.2 Å². The molecule has 0 heterocycles. The first-order chi connectivity index (χ1) is 15.2. The smallest absolute Gasteiger partial charge is 0.315 e. The van der Waals surface area contributed by atoms with Crippen LogP contribution in [0.1, 0.15) is 35.4 Å². The number of ether oxygens (including phenoxy) is 1. The maximum atomic E-state index is 14.3. The number of aliphatic hydroxyl groups excluding tert-OH is 1. The molecule has 0 unspecified atom stereocenters. The summed E-state index contributed by atoms with van der Waals surface area (Å²) in [5, 5.41) is 41.1. The Labute approximate surface area is 182 Å². The van der Waals surface area contributed by atoms with Crippen LogP contribution in [0.15, 0.2) is 35.9 Å². The van der Waals surface area contributed by atoms with Gasteiger partial charge in [-0.15, -0.1) is 0 Å². The monoisotopic (exact) mass is 441 g/mol. The lowest BCUT2D eigenvalue weighted by atomic mass is 10.0. The van der Waals surface area contributed by atoms with E-state index in [0.717, 1.165) is 42.5 Å². The Balaban J connectivity index is 1.94. The lowest BCUT2D eigenvalue weighted by molar-refractivity contribution is -0.386. The molecule has 10 heteroatoms. The molecular formula is C22H20FN3O6. The van der Waals surface area contributed by atoms with E-state index < -0.39 is 39.4 Å². The highest BCUT2D eigenvalue weighted by molar-refractivity contribution is 6.03. The molecule has 0 spiro atoms. The third kappa shape index (κ3) is 4.46. The number of aromatic hydroxyl groups is 1. The van der Waals surface area contributed by atoms with Crippen molar-refractivity contribution in [1.82, 2.24) is 4.90 Å². The highest BCUT2D eigenvalue weighted by Crippen LogP contribution is 2.41. The number of aliphatic hydroxyl groups is 1. The van der Waals surface area contributed by atoms with Crippen LogP contribution in [-0.2, 0) is 11.3 Å². The van der Waals surface area contributed by atoms with Crippen molar-refractivity contribution in [2.45, 2.75) is 25.3 Å². The summed E-state index contributed by atoms with van der Waals surface area (Å²) in [5.41, 5.74) is -0.503. The zero-order valence-electron chi connectivity index (χ0n) is 17.3. The lowest BCUT2D eigenvalue weighted by Crippen LogP contribution is -2.28. The Hall–Kier alpha value is -4.13. The topological polar surface area (TPSA) is 137 Å². The van der Waals surface area contributed by atoms with E-state index in [1.54, 1.807) is 18.2 Å². The number of likely N-dealkylation sites (N-methyl/N-ethyl adjacent to an activating group) is 1. The molecule has 1 amide bonds. The number of nitrogens with zero attached hydrogens (tertiary/aromatic N) is 3. The highest BCUT2D eigenvalue weighted by Gasteiger charge is 2.27. The van der Waals surface area contributed by atoms with Gasteiger partial charge in [-0.1, -0.05) is 12.1 Å². The standard InChI is InChI=1S/C22H20FN3O6/c1-25(11-15-7-13(12-3-4-12)5-6-17(15)23)22(29)16(10-24)20(27)14-8-18(26(30)31)21(28)19(9-14)32-2/h5-9,12,27-28H,3-4,11H2,1-2H3/b20-16-. The molecule has 0 saturated heterocycles. The average Bonchev–Trinajstić information content (AvgIpc) is 3.60. The van der Waals surface area contributed by atoms with Crippen LogP contribution in [0.2, 0.25) is 0 Å². The third-order valence-corrected chi connectivity index (χ3v) is 5.18. The maximum absolute atomic E-state index is 14.3. The Morgan fingerprint density at radius 1 is 1.38 bits per heavy atom. The van der Waals surface area contributed by atoms with Crippen molar-refractivity contribution in [1.29, 1.82) is 5.26 Å². The Morgan fingerprint density at radius 2 is 2.06 bits per heavy atom. The Morgan fingerprint density at radius 3 is 2.62 bits per heavy atom. The molecule has 2 aromatic rings. The van der Waals surface area contributed by atoms with Crippen LogP contribution in [0, 0.1) is 27.3 Å². The number of phenols is 1. The summed E-state index contributed by atoms with van der Waals surface area (Å²) in [4.78, 5) is 24.2. The van der Waals surface area contributed by atoms with Crippen LogP contribution in [0.3, 0.4) is 0 Å². The van der Waals surface area contributed by atoms with Crippen molar-refractivity contribution >= 4 is 17.4 Å². The SMILES string of the molecule is COc1cc(/C(O)=C(\C#N)C(=O)N(C)Cc2cc(C3CC3)ccc2F)cc([N+](=O)[O-])c1O. The molecule has 2 aromatic carbocycles. The number of nitriles is 1. The second-order valence-electron chi connectivity index (χ2n) is 7.43. The number of methoxy groups -OCH3 is 1. The van der Waals surface area contributed by atoms with Gasteiger partial charge in [-0.05, 0) is 36.5 Å². The minimum atomic E-state index is -0.907. The number of amides is 1. The Kier molecular flexibility index (Phi) is 6.30. The number of hydrogen-bond acceptors (Lipinski definition) is 7. The van der Waals surface area contributed by atoms with Crippen LogP contribution in [-0.4, -0.2) is 40.1 Å². The Bertz CT molecular complexity index is 1170. The van der Waals surface area contributed by atoms with Gasteiger partial charge in [-0.2, -0.15) is 5.26 Å². The fraction of sp³-hybridized carbons (Fsp3) is 0.273. The minimum absolute atomic E-state index is 0.150. The number of carbonyl (C=O) groups excluding carboxylic acids is 1. The van der Waals surface area contributed by atoms with E-state index in [2.05, 4.69) is 0 Å². The van der Waals surface area contributed by atoms with Crippen molar-refractivity contribution in [3.8, 4) is 17.6 Å². The fourth-order valence-electron chi connectivity index (χ4n) is 3.28. The molecular weight excluding hydrogens is 421 g/mol. The summed E-state index contributed by atoms with van der Waals surface area (Å²) in [5.74, 6) is -2.94. The molecule has 3 rings (SSSR count). The number of phenolic OH excluding ortho intramolecular Hbond substituents is 1. The quantitative estimate of drug-likeness (QED) is 0.219. The van der Waals surface area contributed by atoms with Crippen molar-refractivity contribution in [2.24, 2.45) is 0 Å². The number of hydrogen-bond donors (Lipinski definition) is 2. The molecule has 1 fully saturated rings. The van der Waals surface area contributed by atoms with Crippen LogP contribution >= 0.6 is 0 Å². The summed E-state index contributed by atoms with van der Waals surface area (Å²) >= 11 is 0. The fourth-order valence-corrected chi connectivity index (χ4v) is 3.28. The van der Waals surface area contributed by atoms with Gasteiger partial charge in [0.2, 0.25) is 5.75 Å². The zero-order chi connectivity index (χ0) is 23.6. The van der Waals surface area contributed by atoms with Gasteiger partial charge in [-0.25, -0.2) is 4.39 Å². The first-order valence-corrected chi connectivity index (χ1v) is 9.60. The van der Waals surface area contributed by atoms with E-state index in [4.69, 9.17) is 4.74 Å². The normalized spacial score (nSPS) is 13.7. The molecule has 0 radical (unpaired) electrons. The molecule has 1 aliphatic carbocycles. The minimum Gasteiger partial charge on any atom is -0.506 e. The number of carbonyl (C=O) groups is 1. The summed E-state index contributed by atoms with van der Waals surface area (Å²) < 4.78 is 19.1. The number of halogens is 1. The molecule has 9 nitrogen and oxygen atoms in total. The molecule has 0 aromatic heterocycles. The predicted octanol–water partition coefficient (Wildman–Crippen LogP) is 3.78. The molecule has 32 heavy (non-hydrogen) atoms. The number of rotatable bonds is 7. The molecule has 0 bridgehead atoms. The summed E-state index contributed by atoms with van der Waals surface area (Å²) in [7, 11) is 2.49. The van der Waals surface area contributed by atoms with Gasteiger partial charge in [0.25, 0.3) is 5.91 Å². The molecule has 2 N–H and O–H groups in total. The number of nitro benzene ring substituents is 1. The summed E-state index contributed by atoms with van der Waals surface area (Å²) in [6.07, 6.45) is 2.05. The first-order valence-electron chi connectivity index (χ1n) is 9.60.